The van der Waals surface area contributed by atoms with Crippen molar-refractivity contribution in [3.63, 3.8) is 0 Å². The minimum absolute atomic E-state index is 0.234. The lowest BCUT2D eigenvalue weighted by Crippen LogP contribution is -2.32. The number of methoxy groups -OCH3 is 1. The fourth-order valence-electron chi connectivity index (χ4n) is 2.13. The Kier molecular flexibility index (Phi) is 5.33. The largest absolute Gasteiger partial charge is 0.497 e. The Morgan fingerprint density at radius 1 is 1.39 bits per heavy atom. The molecule has 0 aliphatic heterocycles. The molecule has 23 heavy (non-hydrogen) atoms. The van der Waals surface area contributed by atoms with E-state index < -0.39 is 5.82 Å². The van der Waals surface area contributed by atoms with Crippen molar-refractivity contribution in [2.45, 2.75) is 0 Å². The lowest BCUT2D eigenvalue weighted by atomic mass is 10.1. The molecule has 0 fully saturated rings. The van der Waals surface area contributed by atoms with E-state index in [4.69, 9.17) is 4.74 Å². The van der Waals surface area contributed by atoms with Gasteiger partial charge < -0.3 is 15.0 Å². The van der Waals surface area contributed by atoms with Gasteiger partial charge in [0.05, 0.1) is 12.8 Å². The molecule has 2 aromatic rings. The topological polar surface area (TPSA) is 59.4 Å². The molecule has 0 radical (unpaired) electrons. The monoisotopic (exact) mass is 320 g/mol. The molecular formula is C16H21FN4O2. The zero-order valence-corrected chi connectivity index (χ0v) is 13.8. The summed E-state index contributed by atoms with van der Waals surface area (Å²) >= 11 is 0. The first kappa shape index (κ1) is 17.0. The van der Waals surface area contributed by atoms with E-state index in [0.29, 0.717) is 29.2 Å². The summed E-state index contributed by atoms with van der Waals surface area (Å²) < 4.78 is 20.6. The minimum atomic E-state index is -0.443. The summed E-state index contributed by atoms with van der Waals surface area (Å²) in [6.45, 7) is 1.27. The molecule has 1 heterocycles. The molecule has 0 saturated carbocycles. The van der Waals surface area contributed by atoms with E-state index in [1.807, 2.05) is 19.0 Å². The predicted molar refractivity (Wildman–Crippen MR) is 86.0 cm³/mol. The molecule has 0 saturated heterocycles. The summed E-state index contributed by atoms with van der Waals surface area (Å²) in [6, 6.07) is 6.12. The number of ether oxygens (including phenoxy) is 1. The molecule has 0 aliphatic rings. The third-order valence-corrected chi connectivity index (χ3v) is 3.41. The first-order chi connectivity index (χ1) is 10.9. The highest BCUT2D eigenvalue weighted by Crippen LogP contribution is 2.25. The highest BCUT2D eigenvalue weighted by molar-refractivity contribution is 5.93. The zero-order valence-electron chi connectivity index (χ0n) is 13.8. The minimum Gasteiger partial charge on any atom is -0.497 e. The van der Waals surface area contributed by atoms with Crippen LogP contribution >= 0.6 is 0 Å². The van der Waals surface area contributed by atoms with Gasteiger partial charge in [-0.05, 0) is 32.3 Å². The second-order valence-corrected chi connectivity index (χ2v) is 5.44. The maximum Gasteiger partial charge on any atom is 0.269 e. The zero-order chi connectivity index (χ0) is 17.0. The Morgan fingerprint density at radius 2 is 2.13 bits per heavy atom. The summed E-state index contributed by atoms with van der Waals surface area (Å²) in [5.74, 6) is -0.243. The van der Waals surface area contributed by atoms with Crippen molar-refractivity contribution in [3.05, 3.63) is 35.8 Å². The number of carbonyl (C=O) groups excluding carboxylic acids is 1. The summed E-state index contributed by atoms with van der Waals surface area (Å²) in [5.41, 5.74) is 1.12. The van der Waals surface area contributed by atoms with Gasteiger partial charge in [0, 0.05) is 31.8 Å². The van der Waals surface area contributed by atoms with Crippen molar-refractivity contribution in [3.8, 4) is 17.0 Å². The van der Waals surface area contributed by atoms with Crippen LogP contribution in [0.3, 0.4) is 0 Å². The lowest BCUT2D eigenvalue weighted by molar-refractivity contribution is 0.0941. The van der Waals surface area contributed by atoms with E-state index in [0.717, 1.165) is 6.54 Å². The van der Waals surface area contributed by atoms with Gasteiger partial charge in [0.25, 0.3) is 5.91 Å². The van der Waals surface area contributed by atoms with Crippen molar-refractivity contribution in [1.82, 2.24) is 20.0 Å². The Hall–Kier alpha value is -2.41. The lowest BCUT2D eigenvalue weighted by Gasteiger charge is -2.10. The first-order valence-electron chi connectivity index (χ1n) is 7.23. The summed E-state index contributed by atoms with van der Waals surface area (Å²) in [7, 11) is 7.00. The Balaban J connectivity index is 2.19. The summed E-state index contributed by atoms with van der Waals surface area (Å²) in [6.07, 6.45) is 0. The third kappa shape index (κ3) is 4.07. The van der Waals surface area contributed by atoms with Crippen molar-refractivity contribution in [1.29, 1.82) is 0 Å². The highest BCUT2D eigenvalue weighted by atomic mass is 19.1. The maximum absolute atomic E-state index is 14.1. The number of amides is 1. The van der Waals surface area contributed by atoms with Crippen molar-refractivity contribution < 1.29 is 13.9 Å². The molecule has 1 amide bonds. The van der Waals surface area contributed by atoms with Crippen LogP contribution < -0.4 is 10.1 Å². The molecule has 124 valence electrons. The number of nitrogens with zero attached hydrogens (tertiary/aromatic N) is 3. The van der Waals surface area contributed by atoms with Gasteiger partial charge in [0.1, 0.15) is 17.3 Å². The van der Waals surface area contributed by atoms with E-state index in [2.05, 4.69) is 10.4 Å². The number of nitrogens with one attached hydrogen (secondary N) is 1. The molecule has 1 aromatic carbocycles. The van der Waals surface area contributed by atoms with Gasteiger partial charge in [-0.15, -0.1) is 0 Å². The molecule has 7 heteroatoms. The fourth-order valence-corrected chi connectivity index (χ4v) is 2.13. The molecule has 0 spiro atoms. The van der Waals surface area contributed by atoms with Crippen LogP contribution in [0.15, 0.2) is 24.3 Å². The molecule has 0 aliphatic carbocycles. The Bertz CT molecular complexity index is 697. The average Bonchev–Trinajstić information content (AvgIpc) is 2.88. The Morgan fingerprint density at radius 3 is 2.74 bits per heavy atom. The van der Waals surface area contributed by atoms with E-state index >= 15 is 0 Å². The molecule has 0 bridgehead atoms. The van der Waals surface area contributed by atoms with Gasteiger partial charge >= 0.3 is 0 Å². The van der Waals surface area contributed by atoms with E-state index in [-0.39, 0.29) is 5.91 Å². The second-order valence-electron chi connectivity index (χ2n) is 5.44. The van der Waals surface area contributed by atoms with Gasteiger partial charge in [-0.2, -0.15) is 5.10 Å². The molecule has 2 rings (SSSR count). The normalized spacial score (nSPS) is 10.9. The first-order valence-corrected chi connectivity index (χ1v) is 7.23. The smallest absolute Gasteiger partial charge is 0.269 e. The van der Waals surface area contributed by atoms with Crippen LogP contribution in [0.1, 0.15) is 10.5 Å². The number of aromatic nitrogens is 2. The third-order valence-electron chi connectivity index (χ3n) is 3.41. The summed E-state index contributed by atoms with van der Waals surface area (Å²) in [5, 5.41) is 7.04. The van der Waals surface area contributed by atoms with Gasteiger partial charge in [0.15, 0.2) is 0 Å². The van der Waals surface area contributed by atoms with Crippen LogP contribution in [0.4, 0.5) is 4.39 Å². The fraction of sp³-hybridized carbons (Fsp3) is 0.375. The van der Waals surface area contributed by atoms with Gasteiger partial charge in [0.2, 0.25) is 0 Å². The van der Waals surface area contributed by atoms with E-state index in [1.54, 1.807) is 25.2 Å². The van der Waals surface area contributed by atoms with Gasteiger partial charge in [-0.25, -0.2) is 4.39 Å². The molecule has 1 aromatic heterocycles. The quantitative estimate of drug-likeness (QED) is 0.877. The predicted octanol–water partition coefficient (Wildman–Crippen LogP) is 1.53. The summed E-state index contributed by atoms with van der Waals surface area (Å²) in [4.78, 5) is 14.1. The van der Waals surface area contributed by atoms with Crippen LogP contribution in [0.2, 0.25) is 0 Å². The molecule has 0 unspecified atom stereocenters. The number of rotatable bonds is 6. The number of hydrogen-bond donors (Lipinski definition) is 1. The molecule has 1 N–H and O–H groups in total. The van der Waals surface area contributed by atoms with Crippen LogP contribution in [0.5, 0.6) is 5.75 Å². The van der Waals surface area contributed by atoms with Gasteiger partial charge in [-0.3, -0.25) is 9.48 Å². The van der Waals surface area contributed by atoms with Gasteiger partial charge in [-0.1, -0.05) is 0 Å². The van der Waals surface area contributed by atoms with Crippen LogP contribution in [0.25, 0.3) is 11.3 Å². The molecule has 6 nitrogen and oxygen atoms in total. The molecule has 0 atom stereocenters. The number of benzene rings is 1. The van der Waals surface area contributed by atoms with Crippen molar-refractivity contribution >= 4 is 5.91 Å². The van der Waals surface area contributed by atoms with E-state index in [9.17, 15) is 9.18 Å². The Labute approximate surface area is 134 Å². The number of halogens is 1. The highest BCUT2D eigenvalue weighted by Gasteiger charge is 2.16. The number of carbonyl (C=O) groups is 1. The number of hydrogen-bond acceptors (Lipinski definition) is 4. The number of aryl methyl sites for hydroxylation is 1. The van der Waals surface area contributed by atoms with Crippen LogP contribution in [-0.2, 0) is 7.05 Å². The van der Waals surface area contributed by atoms with Crippen molar-refractivity contribution in [2.75, 3.05) is 34.3 Å². The average molecular weight is 320 g/mol. The molecular weight excluding hydrogens is 299 g/mol. The second kappa shape index (κ2) is 7.23. The standard InChI is InChI=1S/C16H21FN4O2/c1-20(2)8-7-18-16(22)15-10-14(19-21(15)3)12-6-5-11(23-4)9-13(12)17/h5-6,9-10H,7-8H2,1-4H3,(H,18,22). The maximum atomic E-state index is 14.1. The van der Waals surface area contributed by atoms with Crippen LogP contribution in [-0.4, -0.2) is 54.9 Å². The van der Waals surface area contributed by atoms with Crippen molar-refractivity contribution in [2.24, 2.45) is 7.05 Å². The van der Waals surface area contributed by atoms with Crippen LogP contribution in [0, 0.1) is 5.82 Å². The number of likely N-dealkylation sites (N-methyl/N-ethyl adjacent to an activating group) is 1. The van der Waals surface area contributed by atoms with E-state index in [1.165, 1.54) is 17.9 Å². The SMILES string of the molecule is COc1ccc(-c2cc(C(=O)NCCN(C)C)n(C)n2)c(F)c1.